The number of hydrogen-bond acceptors (Lipinski definition) is 5. The van der Waals surface area contributed by atoms with E-state index in [9.17, 15) is 4.79 Å². The molecule has 1 aromatic rings. The SMILES string of the molecule is C=CCN(CC=C)C(=O)CSc1nnnn1C(C)(C)C. The Morgan fingerprint density at radius 2 is 1.95 bits per heavy atom. The van der Waals surface area contributed by atoms with Crippen LogP contribution < -0.4 is 0 Å². The largest absolute Gasteiger partial charge is 0.335 e. The fourth-order valence-corrected chi connectivity index (χ4v) is 2.46. The molecule has 0 aromatic carbocycles. The number of aromatic nitrogens is 4. The molecule has 0 aliphatic rings. The summed E-state index contributed by atoms with van der Waals surface area (Å²) in [5.41, 5.74) is -0.212. The third-order valence-corrected chi connectivity index (χ3v) is 3.36. The quantitative estimate of drug-likeness (QED) is 0.566. The van der Waals surface area contributed by atoms with E-state index in [-0.39, 0.29) is 17.2 Å². The standard InChI is InChI=1S/C13H21N5OS/c1-6-8-17(9-7-2)11(19)10-20-12-14-15-16-18(12)13(3,4)5/h6-7H,1-2,8-10H2,3-5H3. The number of amides is 1. The molecule has 0 aliphatic heterocycles. The summed E-state index contributed by atoms with van der Waals surface area (Å²) in [5.74, 6) is 0.302. The van der Waals surface area contributed by atoms with Gasteiger partial charge in [-0.2, -0.15) is 0 Å². The van der Waals surface area contributed by atoms with Crippen molar-refractivity contribution in [3.63, 3.8) is 0 Å². The molecular weight excluding hydrogens is 274 g/mol. The summed E-state index contributed by atoms with van der Waals surface area (Å²) in [6.45, 7) is 14.4. The van der Waals surface area contributed by atoms with Gasteiger partial charge < -0.3 is 4.90 Å². The van der Waals surface area contributed by atoms with Crippen molar-refractivity contribution in [2.45, 2.75) is 31.5 Å². The molecule has 0 unspecified atom stereocenters. The molecule has 0 fully saturated rings. The zero-order chi connectivity index (χ0) is 15.2. The Kier molecular flexibility index (Phi) is 5.94. The molecule has 1 rings (SSSR count). The first-order valence-corrected chi connectivity index (χ1v) is 7.30. The van der Waals surface area contributed by atoms with Gasteiger partial charge in [-0.3, -0.25) is 4.79 Å². The van der Waals surface area contributed by atoms with Crippen LogP contribution >= 0.6 is 11.8 Å². The molecule has 0 spiro atoms. The number of carbonyl (C=O) groups is 1. The summed E-state index contributed by atoms with van der Waals surface area (Å²) in [7, 11) is 0. The topological polar surface area (TPSA) is 63.9 Å². The van der Waals surface area contributed by atoms with Crippen molar-refractivity contribution in [1.29, 1.82) is 0 Å². The molecular formula is C13H21N5OS. The van der Waals surface area contributed by atoms with Crippen molar-refractivity contribution in [3.8, 4) is 0 Å². The molecule has 7 heteroatoms. The lowest BCUT2D eigenvalue weighted by Crippen LogP contribution is -2.33. The number of thioether (sulfide) groups is 1. The monoisotopic (exact) mass is 295 g/mol. The van der Waals surface area contributed by atoms with E-state index in [0.717, 1.165) is 0 Å². The van der Waals surface area contributed by atoms with Gasteiger partial charge in [-0.15, -0.1) is 18.3 Å². The van der Waals surface area contributed by atoms with Crippen molar-refractivity contribution in [1.82, 2.24) is 25.1 Å². The second kappa shape index (κ2) is 7.23. The molecule has 20 heavy (non-hydrogen) atoms. The molecule has 1 amide bonds. The molecule has 1 heterocycles. The Morgan fingerprint density at radius 1 is 1.35 bits per heavy atom. The minimum Gasteiger partial charge on any atom is -0.335 e. The van der Waals surface area contributed by atoms with Crippen LogP contribution in [0.2, 0.25) is 0 Å². The summed E-state index contributed by atoms with van der Waals surface area (Å²) in [6, 6.07) is 0. The van der Waals surface area contributed by atoms with Crippen LogP contribution in [-0.2, 0) is 10.3 Å². The van der Waals surface area contributed by atoms with Crippen molar-refractivity contribution < 1.29 is 4.79 Å². The second-order valence-corrected chi connectivity index (χ2v) is 6.15. The van der Waals surface area contributed by atoms with E-state index in [1.54, 1.807) is 21.7 Å². The first-order chi connectivity index (χ1) is 9.40. The lowest BCUT2D eigenvalue weighted by molar-refractivity contribution is -0.127. The molecule has 6 nitrogen and oxygen atoms in total. The maximum atomic E-state index is 12.1. The van der Waals surface area contributed by atoms with Gasteiger partial charge in [0, 0.05) is 13.1 Å². The zero-order valence-corrected chi connectivity index (χ0v) is 13.1. The van der Waals surface area contributed by atoms with Crippen LogP contribution in [0.3, 0.4) is 0 Å². The van der Waals surface area contributed by atoms with E-state index in [0.29, 0.717) is 18.2 Å². The van der Waals surface area contributed by atoms with Gasteiger partial charge in [0.05, 0.1) is 11.3 Å². The van der Waals surface area contributed by atoms with Crippen LogP contribution in [0, 0.1) is 0 Å². The molecule has 0 aliphatic carbocycles. The minimum atomic E-state index is -0.212. The number of carbonyl (C=O) groups excluding carboxylic acids is 1. The molecule has 0 atom stereocenters. The minimum absolute atomic E-state index is 0.0123. The Bertz CT molecular complexity index is 467. The number of hydrogen-bond donors (Lipinski definition) is 0. The fraction of sp³-hybridized carbons (Fsp3) is 0.538. The molecule has 0 saturated heterocycles. The van der Waals surface area contributed by atoms with E-state index < -0.39 is 0 Å². The van der Waals surface area contributed by atoms with Gasteiger partial charge in [-0.1, -0.05) is 23.9 Å². The Hall–Kier alpha value is -1.63. The van der Waals surface area contributed by atoms with E-state index in [1.165, 1.54) is 11.8 Å². The van der Waals surface area contributed by atoms with Crippen molar-refractivity contribution >= 4 is 17.7 Å². The highest BCUT2D eigenvalue weighted by Gasteiger charge is 2.21. The molecule has 110 valence electrons. The van der Waals surface area contributed by atoms with E-state index in [4.69, 9.17) is 0 Å². The third kappa shape index (κ3) is 4.48. The fourth-order valence-electron chi connectivity index (χ4n) is 1.50. The van der Waals surface area contributed by atoms with E-state index >= 15 is 0 Å². The summed E-state index contributed by atoms with van der Waals surface area (Å²) < 4.78 is 1.72. The predicted molar refractivity (Wildman–Crippen MR) is 80.5 cm³/mol. The van der Waals surface area contributed by atoms with Crippen LogP contribution in [0.15, 0.2) is 30.5 Å². The van der Waals surface area contributed by atoms with Crippen LogP contribution in [0.5, 0.6) is 0 Å². The highest BCUT2D eigenvalue weighted by atomic mass is 32.2. The van der Waals surface area contributed by atoms with E-state index in [2.05, 4.69) is 28.7 Å². The van der Waals surface area contributed by atoms with Crippen LogP contribution in [-0.4, -0.2) is 49.9 Å². The van der Waals surface area contributed by atoms with Crippen molar-refractivity contribution in [3.05, 3.63) is 25.3 Å². The first kappa shape index (κ1) is 16.4. The molecule has 0 radical (unpaired) electrons. The van der Waals surface area contributed by atoms with Crippen LogP contribution in [0.25, 0.3) is 0 Å². The summed E-state index contributed by atoms with van der Waals surface area (Å²) >= 11 is 1.34. The van der Waals surface area contributed by atoms with Crippen molar-refractivity contribution in [2.24, 2.45) is 0 Å². The summed E-state index contributed by atoms with van der Waals surface area (Å²) in [6.07, 6.45) is 3.40. The third-order valence-electron chi connectivity index (χ3n) is 2.45. The van der Waals surface area contributed by atoms with Gasteiger partial charge in [-0.05, 0) is 31.2 Å². The summed E-state index contributed by atoms with van der Waals surface area (Å²) in [5, 5.41) is 12.2. The maximum Gasteiger partial charge on any atom is 0.233 e. The normalized spacial score (nSPS) is 11.2. The maximum absolute atomic E-state index is 12.1. The second-order valence-electron chi connectivity index (χ2n) is 5.21. The predicted octanol–water partition coefficient (Wildman–Crippen LogP) is 1.72. The van der Waals surface area contributed by atoms with Crippen LogP contribution in [0.4, 0.5) is 0 Å². The van der Waals surface area contributed by atoms with Gasteiger partial charge in [0.1, 0.15) is 0 Å². The molecule has 1 aromatic heterocycles. The molecule has 0 bridgehead atoms. The Labute approximate surface area is 123 Å². The van der Waals surface area contributed by atoms with E-state index in [1.807, 2.05) is 20.8 Å². The van der Waals surface area contributed by atoms with Gasteiger partial charge in [0.15, 0.2) is 0 Å². The number of tetrazole rings is 1. The lowest BCUT2D eigenvalue weighted by atomic mass is 10.1. The van der Waals surface area contributed by atoms with Crippen LogP contribution in [0.1, 0.15) is 20.8 Å². The first-order valence-electron chi connectivity index (χ1n) is 6.31. The highest BCUT2D eigenvalue weighted by Crippen LogP contribution is 2.21. The molecule has 0 saturated carbocycles. The smallest absolute Gasteiger partial charge is 0.233 e. The highest BCUT2D eigenvalue weighted by molar-refractivity contribution is 7.99. The van der Waals surface area contributed by atoms with Gasteiger partial charge in [-0.25, -0.2) is 4.68 Å². The van der Waals surface area contributed by atoms with Crippen molar-refractivity contribution in [2.75, 3.05) is 18.8 Å². The number of rotatable bonds is 7. The number of nitrogens with zero attached hydrogens (tertiary/aromatic N) is 5. The van der Waals surface area contributed by atoms with Gasteiger partial charge >= 0.3 is 0 Å². The summed E-state index contributed by atoms with van der Waals surface area (Å²) in [4.78, 5) is 13.8. The average Bonchev–Trinajstić information content (AvgIpc) is 2.84. The average molecular weight is 295 g/mol. The van der Waals surface area contributed by atoms with Gasteiger partial charge in [0.25, 0.3) is 0 Å². The van der Waals surface area contributed by atoms with Gasteiger partial charge in [0.2, 0.25) is 11.1 Å². The Morgan fingerprint density at radius 3 is 2.45 bits per heavy atom. The Balaban J connectivity index is 2.67. The zero-order valence-electron chi connectivity index (χ0n) is 12.2. The lowest BCUT2D eigenvalue weighted by Gasteiger charge is -2.21. The molecule has 0 N–H and O–H groups in total.